The van der Waals surface area contributed by atoms with Crippen molar-refractivity contribution < 1.29 is 34.5 Å². The lowest BCUT2D eigenvalue weighted by atomic mass is 10.3. The predicted molar refractivity (Wildman–Crippen MR) is 73.5 cm³/mol. The van der Waals surface area contributed by atoms with Crippen LogP contribution in [-0.2, 0) is 20.0 Å². The van der Waals surface area contributed by atoms with Gasteiger partial charge in [0, 0.05) is 12.2 Å². The van der Waals surface area contributed by atoms with Crippen molar-refractivity contribution in [2.45, 2.75) is 31.7 Å². The molecular formula is C10H21F3N2O4S2. The molecule has 0 N–H and O–H groups in total. The first-order valence-corrected chi connectivity index (χ1v) is 9.37. The minimum Gasteiger partial charge on any atom is -0.428 e. The number of quaternary nitrogens is 1. The fourth-order valence-corrected chi connectivity index (χ4v) is 3.93. The highest BCUT2D eigenvalue weighted by atomic mass is 32.3. The molecule has 0 spiro atoms. The first-order valence-electron chi connectivity index (χ1n) is 6.33. The van der Waals surface area contributed by atoms with Crippen molar-refractivity contribution >= 4 is 20.0 Å². The van der Waals surface area contributed by atoms with E-state index >= 15 is 0 Å². The van der Waals surface area contributed by atoms with E-state index in [0.717, 1.165) is 19.4 Å². The maximum absolute atomic E-state index is 12.1. The highest BCUT2D eigenvalue weighted by Crippen LogP contribution is 2.30. The maximum atomic E-state index is 12.1. The van der Waals surface area contributed by atoms with E-state index < -0.39 is 31.3 Å². The van der Waals surface area contributed by atoms with E-state index in [1.165, 1.54) is 0 Å². The monoisotopic (exact) mass is 354 g/mol. The van der Waals surface area contributed by atoms with E-state index in [0.29, 0.717) is 11.0 Å². The summed E-state index contributed by atoms with van der Waals surface area (Å²) in [6.45, 7) is 3.21. The second kappa shape index (κ2) is 7.25. The molecule has 0 heterocycles. The van der Waals surface area contributed by atoms with Crippen LogP contribution >= 0.6 is 0 Å². The van der Waals surface area contributed by atoms with Crippen molar-refractivity contribution in [3.63, 3.8) is 0 Å². The molecule has 0 saturated carbocycles. The summed E-state index contributed by atoms with van der Waals surface area (Å²) >= 11 is 0. The van der Waals surface area contributed by atoms with E-state index in [9.17, 15) is 30.0 Å². The number of nitrogens with zero attached hydrogens (tertiary/aromatic N) is 2. The van der Waals surface area contributed by atoms with Crippen molar-refractivity contribution in [2.75, 3.05) is 32.9 Å². The van der Waals surface area contributed by atoms with Gasteiger partial charge in [-0.05, 0) is 6.42 Å². The van der Waals surface area contributed by atoms with E-state index in [1.807, 2.05) is 25.1 Å². The van der Waals surface area contributed by atoms with Gasteiger partial charge in [0.25, 0.3) is 0 Å². The number of hydrogen-bond acceptors (Lipinski definition) is 4. The lowest BCUT2D eigenvalue weighted by Crippen LogP contribution is -2.41. The van der Waals surface area contributed by atoms with Crippen LogP contribution < -0.4 is 0 Å². The first-order chi connectivity index (χ1) is 9.22. The van der Waals surface area contributed by atoms with Gasteiger partial charge >= 0.3 is 5.51 Å². The van der Waals surface area contributed by atoms with Crippen LogP contribution in [0.3, 0.4) is 0 Å². The third-order valence-corrected chi connectivity index (χ3v) is 5.87. The van der Waals surface area contributed by atoms with Gasteiger partial charge in [-0.2, -0.15) is 13.2 Å². The Balaban J connectivity index is 4.53. The molecule has 0 aromatic heterocycles. The Morgan fingerprint density at radius 2 is 1.48 bits per heavy atom. The van der Waals surface area contributed by atoms with Crippen LogP contribution in [0.25, 0.3) is 4.13 Å². The van der Waals surface area contributed by atoms with Gasteiger partial charge in [-0.25, -0.2) is 16.8 Å². The van der Waals surface area contributed by atoms with Crippen LogP contribution in [0.15, 0.2) is 0 Å². The molecule has 0 amide bonds. The van der Waals surface area contributed by atoms with E-state index in [-0.39, 0.29) is 6.42 Å². The van der Waals surface area contributed by atoms with Crippen LogP contribution in [0.4, 0.5) is 13.2 Å². The van der Waals surface area contributed by atoms with Crippen LogP contribution in [0, 0.1) is 0 Å². The molecule has 0 radical (unpaired) electrons. The van der Waals surface area contributed by atoms with Crippen LogP contribution in [0.5, 0.6) is 0 Å². The fraction of sp³-hybridized carbons (Fsp3) is 1.00. The van der Waals surface area contributed by atoms with Gasteiger partial charge in [-0.15, -0.1) is 0 Å². The summed E-state index contributed by atoms with van der Waals surface area (Å²) in [6.07, 6.45) is 1.95. The smallest absolute Gasteiger partial charge is 0.428 e. The predicted octanol–water partition coefficient (Wildman–Crippen LogP) is 1.81. The molecule has 0 aliphatic carbocycles. The molecular weight excluding hydrogens is 333 g/mol. The second-order valence-corrected chi connectivity index (χ2v) is 8.95. The van der Waals surface area contributed by atoms with Crippen LogP contribution in [0.1, 0.15) is 26.2 Å². The fourth-order valence-electron chi connectivity index (χ4n) is 1.60. The molecule has 0 aromatic rings. The third kappa shape index (κ3) is 7.98. The topological polar surface area (TPSA) is 82.4 Å². The largest absolute Gasteiger partial charge is 0.480 e. The summed E-state index contributed by atoms with van der Waals surface area (Å²) in [7, 11) is -6.93. The quantitative estimate of drug-likeness (QED) is 0.591. The zero-order chi connectivity index (χ0) is 16.9. The molecule has 0 rings (SSSR count). The van der Waals surface area contributed by atoms with Crippen LogP contribution in [-0.4, -0.2) is 59.8 Å². The Kier molecular flexibility index (Phi) is 7.11. The molecule has 0 aromatic carbocycles. The van der Waals surface area contributed by atoms with Gasteiger partial charge in [0.05, 0.1) is 37.2 Å². The molecule has 0 saturated heterocycles. The standard InChI is InChI=1S/C10H21F3N2O4S2/c1-4-5-7-15(2,3)8-6-9-20(16,17)14-21(18,19)10(11,12)13/h4-9H2,1-3H3. The molecule has 0 unspecified atom stereocenters. The number of unbranched alkanes of at least 4 members (excludes halogenated alkanes) is 1. The molecule has 0 atom stereocenters. The van der Waals surface area contributed by atoms with Crippen LogP contribution in [0.2, 0.25) is 0 Å². The molecule has 0 bridgehead atoms. The number of alkyl halides is 3. The minimum absolute atomic E-state index is 0.0376. The molecule has 11 heteroatoms. The van der Waals surface area contributed by atoms with E-state index in [2.05, 4.69) is 0 Å². The van der Waals surface area contributed by atoms with Crippen molar-refractivity contribution in [3.8, 4) is 0 Å². The Bertz CT molecular complexity index is 527. The number of sulfonamides is 2. The van der Waals surface area contributed by atoms with Crippen molar-refractivity contribution in [3.05, 3.63) is 4.13 Å². The maximum Gasteiger partial charge on any atom is 0.480 e. The normalized spacial score (nSPS) is 14.4. The van der Waals surface area contributed by atoms with Gasteiger partial charge in [0.15, 0.2) is 10.0 Å². The second-order valence-electron chi connectivity index (χ2n) is 5.37. The SMILES string of the molecule is CCCC[N+](C)(C)CCCS(=O)(=O)[N-]S(=O)(=O)C(F)(F)F. The average Bonchev–Trinajstić information content (AvgIpc) is 2.22. The molecule has 0 aliphatic heterocycles. The third-order valence-electron chi connectivity index (χ3n) is 2.79. The Morgan fingerprint density at radius 1 is 1.00 bits per heavy atom. The molecule has 128 valence electrons. The van der Waals surface area contributed by atoms with Gasteiger partial charge in [-0.1, -0.05) is 13.3 Å². The zero-order valence-corrected chi connectivity index (χ0v) is 13.9. The lowest BCUT2D eigenvalue weighted by Gasteiger charge is -2.30. The number of hydrogen-bond donors (Lipinski definition) is 0. The molecule has 0 aliphatic rings. The average molecular weight is 354 g/mol. The van der Waals surface area contributed by atoms with E-state index in [4.69, 9.17) is 0 Å². The number of rotatable bonds is 9. The highest BCUT2D eigenvalue weighted by Gasteiger charge is 2.40. The lowest BCUT2D eigenvalue weighted by molar-refractivity contribution is -0.890. The Labute approximate surface area is 124 Å². The summed E-state index contributed by atoms with van der Waals surface area (Å²) in [6, 6.07) is 0. The Hall–Kier alpha value is -0.390. The summed E-state index contributed by atoms with van der Waals surface area (Å²) in [5, 5.41) is 0. The zero-order valence-electron chi connectivity index (χ0n) is 12.2. The summed E-state index contributed by atoms with van der Waals surface area (Å²) in [4.78, 5) is 0. The highest BCUT2D eigenvalue weighted by molar-refractivity contribution is 8.12. The van der Waals surface area contributed by atoms with E-state index in [1.54, 1.807) is 0 Å². The van der Waals surface area contributed by atoms with Gasteiger partial charge in [0.1, 0.15) is 0 Å². The Morgan fingerprint density at radius 3 is 1.90 bits per heavy atom. The summed E-state index contributed by atoms with van der Waals surface area (Å²) in [5.74, 6) is -0.726. The van der Waals surface area contributed by atoms with Gasteiger partial charge in [0.2, 0.25) is 0 Å². The van der Waals surface area contributed by atoms with Gasteiger partial charge in [-0.3, -0.25) is 0 Å². The van der Waals surface area contributed by atoms with Crippen molar-refractivity contribution in [1.29, 1.82) is 0 Å². The molecule has 6 nitrogen and oxygen atoms in total. The molecule has 21 heavy (non-hydrogen) atoms. The first kappa shape index (κ1) is 20.6. The van der Waals surface area contributed by atoms with Crippen molar-refractivity contribution in [2.24, 2.45) is 0 Å². The summed E-state index contributed by atoms with van der Waals surface area (Å²) < 4.78 is 82.8. The molecule has 0 fully saturated rings. The van der Waals surface area contributed by atoms with Gasteiger partial charge < -0.3 is 8.61 Å². The summed E-state index contributed by atoms with van der Waals surface area (Å²) in [5.41, 5.74) is -5.70. The minimum atomic E-state index is -6.00. The number of halogens is 3. The van der Waals surface area contributed by atoms with Crippen molar-refractivity contribution in [1.82, 2.24) is 0 Å².